The van der Waals surface area contributed by atoms with Crippen LogP contribution in [0.3, 0.4) is 0 Å². The molecule has 3 rings (SSSR count). The van der Waals surface area contributed by atoms with Gasteiger partial charge in [0.1, 0.15) is 5.65 Å². The van der Waals surface area contributed by atoms with E-state index in [2.05, 4.69) is 22.5 Å². The topological polar surface area (TPSA) is 58.4 Å². The number of amides is 1. The Labute approximate surface area is 124 Å². The molecular formula is C16H22N4O. The maximum atomic E-state index is 12.2. The number of pyridine rings is 1. The minimum absolute atomic E-state index is 0.138. The van der Waals surface area contributed by atoms with Crippen LogP contribution in [0.2, 0.25) is 0 Å². The summed E-state index contributed by atoms with van der Waals surface area (Å²) in [6, 6.07) is 4.04. The minimum atomic E-state index is 0.138. The number of aromatic nitrogens is 2. The molecule has 112 valence electrons. The molecule has 1 aliphatic heterocycles. The molecule has 2 aromatic heterocycles. The number of carbonyl (C=O) groups excluding carboxylic acids is 1. The quantitative estimate of drug-likeness (QED) is 0.902. The maximum Gasteiger partial charge on any atom is 0.223 e. The fourth-order valence-corrected chi connectivity index (χ4v) is 2.84. The Balaban J connectivity index is 1.61. The normalized spacial score (nSPS) is 19.4. The standard InChI is InChI=1S/C16H22N4O/c1-12-4-5-15-19-14(11-20(15)10-12)9-18-16(21)13-3-2-7-17-8-6-13/h4-5,10-11,13,17H,2-3,6-9H2,1H3,(H,18,21)/t13-/m0/s1. The van der Waals surface area contributed by atoms with E-state index in [4.69, 9.17) is 0 Å². The van der Waals surface area contributed by atoms with Crippen LogP contribution in [0.4, 0.5) is 0 Å². The van der Waals surface area contributed by atoms with Gasteiger partial charge in [-0.25, -0.2) is 4.98 Å². The average Bonchev–Trinajstić information content (AvgIpc) is 2.69. The van der Waals surface area contributed by atoms with Gasteiger partial charge in [0.05, 0.1) is 12.2 Å². The van der Waals surface area contributed by atoms with Crippen molar-refractivity contribution >= 4 is 11.6 Å². The monoisotopic (exact) mass is 286 g/mol. The molecular weight excluding hydrogens is 264 g/mol. The van der Waals surface area contributed by atoms with Crippen LogP contribution >= 0.6 is 0 Å². The van der Waals surface area contributed by atoms with Crippen molar-refractivity contribution in [2.24, 2.45) is 5.92 Å². The first kappa shape index (κ1) is 14.1. The zero-order chi connectivity index (χ0) is 14.7. The summed E-state index contributed by atoms with van der Waals surface area (Å²) < 4.78 is 2.01. The van der Waals surface area contributed by atoms with Crippen LogP contribution < -0.4 is 10.6 Å². The molecule has 3 heterocycles. The second-order valence-corrected chi connectivity index (χ2v) is 5.80. The second kappa shape index (κ2) is 6.26. The van der Waals surface area contributed by atoms with Crippen LogP contribution in [0.15, 0.2) is 24.5 Å². The van der Waals surface area contributed by atoms with Gasteiger partial charge < -0.3 is 15.0 Å². The van der Waals surface area contributed by atoms with Crippen molar-refractivity contribution in [2.75, 3.05) is 13.1 Å². The molecule has 0 aliphatic carbocycles. The number of nitrogens with zero attached hydrogens (tertiary/aromatic N) is 2. The van der Waals surface area contributed by atoms with Gasteiger partial charge in [0.15, 0.2) is 0 Å². The largest absolute Gasteiger partial charge is 0.350 e. The highest BCUT2D eigenvalue weighted by Gasteiger charge is 2.19. The fourth-order valence-electron chi connectivity index (χ4n) is 2.84. The van der Waals surface area contributed by atoms with Gasteiger partial charge in [-0.1, -0.05) is 6.07 Å². The molecule has 0 unspecified atom stereocenters. The second-order valence-electron chi connectivity index (χ2n) is 5.80. The van der Waals surface area contributed by atoms with Crippen molar-refractivity contribution in [3.8, 4) is 0 Å². The zero-order valence-corrected chi connectivity index (χ0v) is 12.4. The third-order valence-corrected chi connectivity index (χ3v) is 4.04. The van der Waals surface area contributed by atoms with Crippen molar-refractivity contribution in [3.63, 3.8) is 0 Å². The predicted octanol–water partition coefficient (Wildman–Crippen LogP) is 1.65. The van der Waals surface area contributed by atoms with E-state index in [0.29, 0.717) is 6.54 Å². The van der Waals surface area contributed by atoms with Gasteiger partial charge in [-0.2, -0.15) is 0 Å². The molecule has 5 heteroatoms. The first-order chi connectivity index (χ1) is 10.2. The Morgan fingerprint density at radius 2 is 2.29 bits per heavy atom. The van der Waals surface area contributed by atoms with Crippen LogP contribution in [0.25, 0.3) is 5.65 Å². The van der Waals surface area contributed by atoms with Crippen LogP contribution in [0.5, 0.6) is 0 Å². The van der Waals surface area contributed by atoms with Gasteiger partial charge in [0.25, 0.3) is 0 Å². The third-order valence-electron chi connectivity index (χ3n) is 4.04. The van der Waals surface area contributed by atoms with Crippen molar-refractivity contribution in [1.82, 2.24) is 20.0 Å². The van der Waals surface area contributed by atoms with E-state index in [1.165, 1.54) is 5.56 Å². The number of aryl methyl sites for hydroxylation is 1. The summed E-state index contributed by atoms with van der Waals surface area (Å²) in [5, 5.41) is 6.36. The van der Waals surface area contributed by atoms with Crippen LogP contribution in [-0.2, 0) is 11.3 Å². The molecule has 1 fully saturated rings. The van der Waals surface area contributed by atoms with Gasteiger partial charge in [-0.15, -0.1) is 0 Å². The first-order valence-electron chi connectivity index (χ1n) is 7.65. The van der Waals surface area contributed by atoms with Crippen molar-refractivity contribution in [3.05, 3.63) is 35.8 Å². The van der Waals surface area contributed by atoms with E-state index in [9.17, 15) is 4.79 Å². The Kier molecular flexibility index (Phi) is 4.20. The summed E-state index contributed by atoms with van der Waals surface area (Å²) >= 11 is 0. The summed E-state index contributed by atoms with van der Waals surface area (Å²) in [6.07, 6.45) is 7.01. The van der Waals surface area contributed by atoms with E-state index in [1.54, 1.807) is 0 Å². The van der Waals surface area contributed by atoms with Crippen LogP contribution in [-0.4, -0.2) is 28.4 Å². The van der Waals surface area contributed by atoms with Gasteiger partial charge in [-0.05, 0) is 50.9 Å². The molecule has 1 amide bonds. The molecule has 0 saturated carbocycles. The van der Waals surface area contributed by atoms with Crippen molar-refractivity contribution in [1.29, 1.82) is 0 Å². The highest BCUT2D eigenvalue weighted by Crippen LogP contribution is 2.14. The molecule has 2 N–H and O–H groups in total. The molecule has 0 aromatic carbocycles. The lowest BCUT2D eigenvalue weighted by Gasteiger charge is -2.12. The lowest BCUT2D eigenvalue weighted by atomic mass is 10.00. The molecule has 5 nitrogen and oxygen atoms in total. The summed E-state index contributed by atoms with van der Waals surface area (Å²) in [5.41, 5.74) is 3.02. The fraction of sp³-hybridized carbons (Fsp3) is 0.500. The Bertz CT molecular complexity index is 626. The molecule has 1 atom stereocenters. The van der Waals surface area contributed by atoms with Gasteiger partial charge in [0.2, 0.25) is 5.91 Å². The lowest BCUT2D eigenvalue weighted by molar-refractivity contribution is -0.125. The van der Waals surface area contributed by atoms with E-state index in [1.807, 2.05) is 28.9 Å². The predicted molar refractivity (Wildman–Crippen MR) is 82.0 cm³/mol. The van der Waals surface area contributed by atoms with Crippen LogP contribution in [0, 0.1) is 12.8 Å². The smallest absolute Gasteiger partial charge is 0.223 e. The molecule has 21 heavy (non-hydrogen) atoms. The van der Waals surface area contributed by atoms with E-state index in [0.717, 1.165) is 43.7 Å². The highest BCUT2D eigenvalue weighted by molar-refractivity contribution is 5.78. The Hall–Kier alpha value is -1.88. The summed E-state index contributed by atoms with van der Waals surface area (Å²) in [7, 11) is 0. The van der Waals surface area contributed by atoms with E-state index in [-0.39, 0.29) is 11.8 Å². The molecule has 2 aromatic rings. The molecule has 0 bridgehead atoms. The van der Waals surface area contributed by atoms with Crippen molar-refractivity contribution < 1.29 is 4.79 Å². The van der Waals surface area contributed by atoms with Gasteiger partial charge in [0, 0.05) is 18.3 Å². The number of hydrogen-bond donors (Lipinski definition) is 2. The highest BCUT2D eigenvalue weighted by atomic mass is 16.1. The number of carbonyl (C=O) groups is 1. The first-order valence-corrected chi connectivity index (χ1v) is 7.65. The summed E-state index contributed by atoms with van der Waals surface area (Å²) in [4.78, 5) is 16.7. The third kappa shape index (κ3) is 3.42. The Morgan fingerprint density at radius 3 is 3.19 bits per heavy atom. The number of hydrogen-bond acceptors (Lipinski definition) is 3. The molecule has 1 saturated heterocycles. The molecule has 0 radical (unpaired) electrons. The number of imidazole rings is 1. The SMILES string of the molecule is Cc1ccc2nc(CNC(=O)[C@H]3CCCNCC3)cn2c1. The minimum Gasteiger partial charge on any atom is -0.350 e. The van der Waals surface area contributed by atoms with Crippen LogP contribution in [0.1, 0.15) is 30.5 Å². The Morgan fingerprint density at radius 1 is 1.38 bits per heavy atom. The zero-order valence-electron chi connectivity index (χ0n) is 12.4. The maximum absolute atomic E-state index is 12.2. The van der Waals surface area contributed by atoms with Crippen molar-refractivity contribution in [2.45, 2.75) is 32.7 Å². The van der Waals surface area contributed by atoms with E-state index < -0.39 is 0 Å². The summed E-state index contributed by atoms with van der Waals surface area (Å²) in [5.74, 6) is 0.297. The van der Waals surface area contributed by atoms with Gasteiger partial charge >= 0.3 is 0 Å². The number of nitrogens with one attached hydrogen (secondary N) is 2. The number of fused-ring (bicyclic) bond motifs is 1. The number of rotatable bonds is 3. The van der Waals surface area contributed by atoms with E-state index >= 15 is 0 Å². The average molecular weight is 286 g/mol. The lowest BCUT2D eigenvalue weighted by Crippen LogP contribution is -2.31. The molecule has 1 aliphatic rings. The molecule has 0 spiro atoms. The summed E-state index contributed by atoms with van der Waals surface area (Å²) in [6.45, 7) is 4.52. The van der Waals surface area contributed by atoms with Gasteiger partial charge in [-0.3, -0.25) is 4.79 Å².